The Morgan fingerprint density at radius 2 is 1.97 bits per heavy atom. The average molecular weight is 406 g/mol. The second kappa shape index (κ2) is 12.0. The molecule has 1 aromatic heterocycles. The van der Waals surface area contributed by atoms with E-state index < -0.39 is 0 Å². The molecule has 30 heavy (non-hydrogen) atoms. The van der Waals surface area contributed by atoms with E-state index in [1.165, 1.54) is 69.1 Å². The van der Waals surface area contributed by atoms with Crippen LogP contribution in [0.15, 0.2) is 58.2 Å². The van der Waals surface area contributed by atoms with Gasteiger partial charge in [0.15, 0.2) is 5.84 Å². The summed E-state index contributed by atoms with van der Waals surface area (Å²) in [4.78, 5) is 13.4. The van der Waals surface area contributed by atoms with Crippen LogP contribution in [0.1, 0.15) is 89.7 Å². The lowest BCUT2D eigenvalue weighted by atomic mass is 9.75. The second-order valence-electron chi connectivity index (χ2n) is 9.00. The molecule has 1 fully saturated rings. The quantitative estimate of drug-likeness (QED) is 0.402. The molecule has 0 amide bonds. The highest BCUT2D eigenvalue weighted by molar-refractivity contribution is 6.09. The van der Waals surface area contributed by atoms with Crippen LogP contribution in [0, 0.1) is 11.8 Å². The summed E-state index contributed by atoms with van der Waals surface area (Å²) >= 11 is 0. The van der Waals surface area contributed by atoms with E-state index in [0.29, 0.717) is 5.92 Å². The number of dihydropyridines is 1. The van der Waals surface area contributed by atoms with Gasteiger partial charge >= 0.3 is 0 Å². The number of pyridine rings is 1. The van der Waals surface area contributed by atoms with Gasteiger partial charge in [0.05, 0.1) is 0 Å². The zero-order chi connectivity index (χ0) is 21.2. The van der Waals surface area contributed by atoms with E-state index in [4.69, 9.17) is 0 Å². The van der Waals surface area contributed by atoms with Crippen LogP contribution in [0.25, 0.3) is 0 Å². The normalized spacial score (nSPS) is 24.1. The molecule has 3 nitrogen and oxygen atoms in total. The highest BCUT2D eigenvalue weighted by Gasteiger charge is 2.25. The summed E-state index contributed by atoms with van der Waals surface area (Å²) in [7, 11) is 0. The van der Waals surface area contributed by atoms with Gasteiger partial charge in [-0.25, -0.2) is 4.99 Å². The Balaban J connectivity index is 1.44. The molecular weight excluding hydrogens is 366 g/mol. The maximum Gasteiger partial charge on any atom is 0.154 e. The van der Waals surface area contributed by atoms with Gasteiger partial charge in [0.1, 0.15) is 0 Å². The van der Waals surface area contributed by atoms with Crippen LogP contribution in [0.5, 0.6) is 0 Å². The van der Waals surface area contributed by atoms with Crippen molar-refractivity contribution in [2.24, 2.45) is 21.8 Å². The molecule has 0 radical (unpaired) electrons. The highest BCUT2D eigenvalue weighted by Crippen LogP contribution is 2.39. The van der Waals surface area contributed by atoms with Crippen LogP contribution in [0.3, 0.4) is 0 Å². The standard InChI is InChI=1S/C27H39N3/c1-4-9-22(10-8-11-24-17-19-30-27(21(24)3)28-5-2)20-23-13-15-25(16-14-23)26-12-6-7-18-29-26/h6-7,12,17-19,22-23,25H,3-5,8-11,13-16,20H2,1-2H3. The zero-order valence-corrected chi connectivity index (χ0v) is 19.0. The van der Waals surface area contributed by atoms with Gasteiger partial charge < -0.3 is 0 Å². The van der Waals surface area contributed by atoms with E-state index in [1.807, 2.05) is 25.4 Å². The van der Waals surface area contributed by atoms with Crippen molar-refractivity contribution in [2.45, 2.75) is 84.0 Å². The third-order valence-electron chi connectivity index (χ3n) is 6.81. The van der Waals surface area contributed by atoms with Crippen molar-refractivity contribution in [2.75, 3.05) is 6.54 Å². The second-order valence-corrected chi connectivity index (χ2v) is 9.00. The van der Waals surface area contributed by atoms with Crippen molar-refractivity contribution in [1.29, 1.82) is 0 Å². The minimum Gasteiger partial charge on any atom is -0.267 e. The molecule has 1 saturated carbocycles. The first kappa shape index (κ1) is 22.7. The van der Waals surface area contributed by atoms with E-state index in [0.717, 1.165) is 36.2 Å². The van der Waals surface area contributed by atoms with E-state index in [-0.39, 0.29) is 0 Å². The molecule has 3 rings (SSSR count). The van der Waals surface area contributed by atoms with Crippen LogP contribution in [0.4, 0.5) is 0 Å². The lowest BCUT2D eigenvalue weighted by Gasteiger charge is -2.31. The van der Waals surface area contributed by atoms with Crippen molar-refractivity contribution in [3.63, 3.8) is 0 Å². The molecule has 0 N–H and O–H groups in total. The summed E-state index contributed by atoms with van der Waals surface area (Å²) in [5.74, 6) is 3.27. The summed E-state index contributed by atoms with van der Waals surface area (Å²) < 4.78 is 0. The van der Waals surface area contributed by atoms with Gasteiger partial charge in [-0.2, -0.15) is 0 Å². The molecule has 0 bridgehead atoms. The van der Waals surface area contributed by atoms with Crippen LogP contribution >= 0.6 is 0 Å². The summed E-state index contributed by atoms with van der Waals surface area (Å²) in [5, 5.41) is 0. The Labute approximate surface area is 183 Å². The molecule has 2 aliphatic rings. The predicted octanol–water partition coefficient (Wildman–Crippen LogP) is 7.32. The van der Waals surface area contributed by atoms with Crippen LogP contribution in [-0.2, 0) is 0 Å². The molecule has 1 unspecified atom stereocenters. The van der Waals surface area contributed by atoms with Crippen molar-refractivity contribution in [3.8, 4) is 0 Å². The van der Waals surface area contributed by atoms with E-state index in [9.17, 15) is 0 Å². The van der Waals surface area contributed by atoms with Crippen molar-refractivity contribution < 1.29 is 0 Å². The van der Waals surface area contributed by atoms with Gasteiger partial charge in [0, 0.05) is 36.1 Å². The molecule has 1 atom stereocenters. The molecule has 1 aliphatic carbocycles. The van der Waals surface area contributed by atoms with E-state index >= 15 is 0 Å². The number of hydrogen-bond acceptors (Lipinski definition) is 2. The maximum atomic E-state index is 4.60. The van der Waals surface area contributed by atoms with Gasteiger partial charge in [-0.3, -0.25) is 9.98 Å². The molecule has 2 heterocycles. The number of amidine groups is 1. The van der Waals surface area contributed by atoms with E-state index in [1.54, 1.807) is 0 Å². The van der Waals surface area contributed by atoms with Crippen molar-refractivity contribution >= 4 is 12.1 Å². The monoisotopic (exact) mass is 405 g/mol. The molecule has 0 saturated heterocycles. The average Bonchev–Trinajstić information content (AvgIpc) is 2.78. The highest BCUT2D eigenvalue weighted by atomic mass is 14.9. The van der Waals surface area contributed by atoms with Gasteiger partial charge in [0.25, 0.3) is 0 Å². The summed E-state index contributed by atoms with van der Waals surface area (Å²) in [6, 6.07) is 6.36. The molecule has 0 spiro atoms. The largest absolute Gasteiger partial charge is 0.267 e. The fourth-order valence-corrected chi connectivity index (χ4v) is 5.19. The number of hydrogen-bond donors (Lipinski definition) is 0. The Morgan fingerprint density at radius 3 is 2.67 bits per heavy atom. The lowest BCUT2D eigenvalue weighted by molar-refractivity contribution is 0.250. The minimum atomic E-state index is 0.678. The molecule has 1 aliphatic heterocycles. The van der Waals surface area contributed by atoms with Crippen LogP contribution < -0.4 is 0 Å². The van der Waals surface area contributed by atoms with Gasteiger partial charge in [-0.15, -0.1) is 0 Å². The minimum absolute atomic E-state index is 0.678. The first-order chi connectivity index (χ1) is 14.7. The van der Waals surface area contributed by atoms with Crippen LogP contribution in [-0.4, -0.2) is 23.6 Å². The number of rotatable bonds is 10. The fraction of sp³-hybridized carbons (Fsp3) is 0.593. The maximum absolute atomic E-state index is 4.60. The lowest BCUT2D eigenvalue weighted by Crippen LogP contribution is -2.17. The van der Waals surface area contributed by atoms with Crippen molar-refractivity contribution in [1.82, 2.24) is 4.98 Å². The fourth-order valence-electron chi connectivity index (χ4n) is 5.19. The molecule has 162 valence electrons. The number of aromatic nitrogens is 1. The smallest absolute Gasteiger partial charge is 0.154 e. The van der Waals surface area contributed by atoms with Crippen LogP contribution in [0.2, 0.25) is 0 Å². The molecule has 0 aromatic carbocycles. The van der Waals surface area contributed by atoms with Gasteiger partial charge in [-0.05, 0) is 87.5 Å². The Kier molecular flexibility index (Phi) is 9.04. The van der Waals surface area contributed by atoms with E-state index in [2.05, 4.69) is 46.7 Å². The van der Waals surface area contributed by atoms with Crippen molar-refractivity contribution in [3.05, 3.63) is 53.9 Å². The number of nitrogens with zero attached hydrogens (tertiary/aromatic N) is 3. The Hall–Kier alpha value is -2.03. The van der Waals surface area contributed by atoms with Gasteiger partial charge in [-0.1, -0.05) is 38.8 Å². The summed E-state index contributed by atoms with van der Waals surface area (Å²) in [5.41, 5.74) is 3.65. The number of aliphatic imine (C=N–C) groups is 2. The predicted molar refractivity (Wildman–Crippen MR) is 129 cm³/mol. The Morgan fingerprint density at radius 1 is 1.13 bits per heavy atom. The molecular formula is C27H39N3. The third kappa shape index (κ3) is 6.48. The number of allylic oxidation sites excluding steroid dienone is 1. The first-order valence-electron chi connectivity index (χ1n) is 12.1. The third-order valence-corrected chi connectivity index (χ3v) is 6.81. The molecule has 3 heteroatoms. The zero-order valence-electron chi connectivity index (χ0n) is 19.0. The summed E-state index contributed by atoms with van der Waals surface area (Å²) in [6.07, 6.45) is 19.1. The summed E-state index contributed by atoms with van der Waals surface area (Å²) in [6.45, 7) is 9.38. The SMILES string of the molecule is C=C1C(CCCC(CCC)CC2CCC(c3ccccn3)CC2)=CC=NC1=NCC. The topological polar surface area (TPSA) is 37.6 Å². The van der Waals surface area contributed by atoms with Gasteiger partial charge in [0.2, 0.25) is 0 Å². The Bertz CT molecular complexity index is 752. The first-order valence-corrected chi connectivity index (χ1v) is 12.1. The molecule has 1 aromatic rings.